The minimum atomic E-state index is -0.0170. The van der Waals surface area contributed by atoms with E-state index in [-0.39, 0.29) is 24.0 Å². The van der Waals surface area contributed by atoms with Crippen molar-refractivity contribution in [1.82, 2.24) is 4.90 Å². The molecule has 1 saturated carbocycles. The van der Waals surface area contributed by atoms with Crippen LogP contribution in [0.3, 0.4) is 0 Å². The number of benzene rings is 1. The zero-order chi connectivity index (χ0) is 14.1. The standard InChI is InChI=1S/C16H22N2O2/c1-11-9-18(10-13(8-17)20-11)16(19)15-7-14(15)12-5-3-2-4-6-12/h2-6,11,13-15H,7-10,17H2,1H3. The molecule has 0 bridgehead atoms. The molecular formula is C16H22N2O2. The normalized spacial score (nSPS) is 33.0. The first-order valence-electron chi connectivity index (χ1n) is 7.38. The molecule has 2 aliphatic rings. The molecule has 1 aliphatic heterocycles. The van der Waals surface area contributed by atoms with Crippen molar-refractivity contribution in [2.75, 3.05) is 19.6 Å². The number of hydrogen-bond donors (Lipinski definition) is 1. The Hall–Kier alpha value is -1.39. The predicted octanol–water partition coefficient (Wildman–Crippen LogP) is 1.36. The zero-order valence-electron chi connectivity index (χ0n) is 11.9. The van der Waals surface area contributed by atoms with Crippen LogP contribution in [-0.2, 0) is 9.53 Å². The number of carbonyl (C=O) groups excluding carboxylic acids is 1. The maximum Gasteiger partial charge on any atom is 0.226 e. The summed E-state index contributed by atoms with van der Waals surface area (Å²) in [7, 11) is 0. The molecule has 1 aromatic carbocycles. The van der Waals surface area contributed by atoms with E-state index in [1.165, 1.54) is 5.56 Å². The van der Waals surface area contributed by atoms with E-state index in [1.54, 1.807) is 0 Å². The lowest BCUT2D eigenvalue weighted by Gasteiger charge is -2.36. The molecule has 1 heterocycles. The Balaban J connectivity index is 1.63. The van der Waals surface area contributed by atoms with Crippen LogP contribution in [0.15, 0.2) is 30.3 Å². The van der Waals surface area contributed by atoms with Gasteiger partial charge in [-0.05, 0) is 24.8 Å². The van der Waals surface area contributed by atoms with Crippen molar-refractivity contribution in [2.24, 2.45) is 11.7 Å². The average molecular weight is 274 g/mol. The van der Waals surface area contributed by atoms with Gasteiger partial charge < -0.3 is 15.4 Å². The van der Waals surface area contributed by atoms with Crippen LogP contribution in [0, 0.1) is 5.92 Å². The molecule has 4 heteroatoms. The van der Waals surface area contributed by atoms with Gasteiger partial charge in [0.2, 0.25) is 5.91 Å². The summed E-state index contributed by atoms with van der Waals surface area (Å²) < 4.78 is 5.71. The van der Waals surface area contributed by atoms with E-state index in [0.29, 0.717) is 25.6 Å². The molecule has 0 radical (unpaired) electrons. The lowest BCUT2D eigenvalue weighted by atomic mass is 10.1. The molecule has 1 aliphatic carbocycles. The van der Waals surface area contributed by atoms with Gasteiger partial charge in [0, 0.05) is 25.6 Å². The maximum atomic E-state index is 12.6. The summed E-state index contributed by atoms with van der Waals surface area (Å²) in [6.07, 6.45) is 1.04. The predicted molar refractivity (Wildman–Crippen MR) is 77.3 cm³/mol. The molecule has 108 valence electrons. The SMILES string of the molecule is CC1CN(C(=O)C2CC2c2ccccc2)CC(CN)O1. The van der Waals surface area contributed by atoms with Crippen molar-refractivity contribution in [2.45, 2.75) is 31.5 Å². The molecule has 4 nitrogen and oxygen atoms in total. The first-order valence-corrected chi connectivity index (χ1v) is 7.38. The number of nitrogens with two attached hydrogens (primary N) is 1. The lowest BCUT2D eigenvalue weighted by molar-refractivity contribution is -0.145. The molecule has 0 aromatic heterocycles. The molecular weight excluding hydrogens is 252 g/mol. The Labute approximate surface area is 119 Å². The van der Waals surface area contributed by atoms with E-state index >= 15 is 0 Å². The lowest BCUT2D eigenvalue weighted by Crippen LogP contribution is -2.51. The Morgan fingerprint density at radius 3 is 2.80 bits per heavy atom. The van der Waals surface area contributed by atoms with Crippen LogP contribution < -0.4 is 5.73 Å². The van der Waals surface area contributed by atoms with E-state index < -0.39 is 0 Å². The third-order valence-corrected chi connectivity index (χ3v) is 4.24. The van der Waals surface area contributed by atoms with Gasteiger partial charge in [0.1, 0.15) is 0 Å². The largest absolute Gasteiger partial charge is 0.370 e. The molecule has 2 fully saturated rings. The van der Waals surface area contributed by atoms with Crippen molar-refractivity contribution >= 4 is 5.91 Å². The molecule has 1 saturated heterocycles. The van der Waals surface area contributed by atoms with Gasteiger partial charge in [-0.1, -0.05) is 30.3 Å². The van der Waals surface area contributed by atoms with Crippen LogP contribution in [0.5, 0.6) is 0 Å². The fraction of sp³-hybridized carbons (Fsp3) is 0.562. The van der Waals surface area contributed by atoms with Gasteiger partial charge in [-0.2, -0.15) is 0 Å². The Morgan fingerprint density at radius 2 is 2.10 bits per heavy atom. The van der Waals surface area contributed by atoms with Crippen molar-refractivity contribution in [1.29, 1.82) is 0 Å². The van der Waals surface area contributed by atoms with E-state index in [9.17, 15) is 4.79 Å². The maximum absolute atomic E-state index is 12.6. The summed E-state index contributed by atoms with van der Waals surface area (Å²) in [6.45, 7) is 3.80. The highest BCUT2D eigenvalue weighted by Crippen LogP contribution is 2.48. The second kappa shape index (κ2) is 5.54. The monoisotopic (exact) mass is 274 g/mol. The van der Waals surface area contributed by atoms with Gasteiger partial charge in [-0.15, -0.1) is 0 Å². The highest BCUT2D eigenvalue weighted by Gasteiger charge is 2.46. The summed E-state index contributed by atoms with van der Waals surface area (Å²) in [5.74, 6) is 0.826. The molecule has 1 aromatic rings. The van der Waals surface area contributed by atoms with E-state index in [1.807, 2.05) is 30.0 Å². The summed E-state index contributed by atoms with van der Waals surface area (Å²) in [5, 5.41) is 0. The summed E-state index contributed by atoms with van der Waals surface area (Å²) in [6, 6.07) is 10.3. The average Bonchev–Trinajstić information content (AvgIpc) is 3.27. The molecule has 3 rings (SSSR count). The second-order valence-corrected chi connectivity index (χ2v) is 5.91. The minimum Gasteiger partial charge on any atom is -0.370 e. The third kappa shape index (κ3) is 2.72. The fourth-order valence-electron chi connectivity index (χ4n) is 3.13. The van der Waals surface area contributed by atoms with Gasteiger partial charge in [-0.3, -0.25) is 4.79 Å². The van der Waals surface area contributed by atoms with Crippen molar-refractivity contribution in [3.63, 3.8) is 0 Å². The van der Waals surface area contributed by atoms with Gasteiger partial charge >= 0.3 is 0 Å². The topological polar surface area (TPSA) is 55.6 Å². The van der Waals surface area contributed by atoms with Crippen LogP contribution in [0.1, 0.15) is 24.8 Å². The Morgan fingerprint density at radius 1 is 1.35 bits per heavy atom. The molecule has 20 heavy (non-hydrogen) atoms. The van der Waals surface area contributed by atoms with Crippen LogP contribution in [0.2, 0.25) is 0 Å². The summed E-state index contributed by atoms with van der Waals surface area (Å²) >= 11 is 0. The fourth-order valence-corrected chi connectivity index (χ4v) is 3.13. The quantitative estimate of drug-likeness (QED) is 0.905. The van der Waals surface area contributed by atoms with Crippen molar-refractivity contribution < 1.29 is 9.53 Å². The number of nitrogens with zero attached hydrogens (tertiary/aromatic N) is 1. The Kier molecular flexibility index (Phi) is 3.76. The Bertz CT molecular complexity index is 477. The van der Waals surface area contributed by atoms with Crippen molar-refractivity contribution in [3.05, 3.63) is 35.9 Å². The van der Waals surface area contributed by atoms with E-state index in [0.717, 1.165) is 6.42 Å². The van der Waals surface area contributed by atoms with Crippen LogP contribution in [0.25, 0.3) is 0 Å². The highest BCUT2D eigenvalue weighted by atomic mass is 16.5. The molecule has 4 unspecified atom stereocenters. The number of morpholine rings is 1. The van der Waals surface area contributed by atoms with Crippen LogP contribution >= 0.6 is 0 Å². The van der Waals surface area contributed by atoms with Gasteiger partial charge in [-0.25, -0.2) is 0 Å². The van der Waals surface area contributed by atoms with Gasteiger partial charge in [0.05, 0.1) is 12.2 Å². The number of amides is 1. The van der Waals surface area contributed by atoms with Gasteiger partial charge in [0.25, 0.3) is 0 Å². The van der Waals surface area contributed by atoms with Gasteiger partial charge in [0.15, 0.2) is 0 Å². The highest BCUT2D eigenvalue weighted by molar-refractivity contribution is 5.83. The molecule has 0 spiro atoms. The first kappa shape index (κ1) is 13.6. The second-order valence-electron chi connectivity index (χ2n) is 5.91. The number of hydrogen-bond acceptors (Lipinski definition) is 3. The summed E-state index contributed by atoms with van der Waals surface area (Å²) in [5.41, 5.74) is 6.96. The summed E-state index contributed by atoms with van der Waals surface area (Å²) in [4.78, 5) is 14.5. The third-order valence-electron chi connectivity index (χ3n) is 4.24. The van der Waals surface area contributed by atoms with E-state index in [2.05, 4.69) is 12.1 Å². The zero-order valence-corrected chi connectivity index (χ0v) is 11.9. The first-order chi connectivity index (χ1) is 9.69. The smallest absolute Gasteiger partial charge is 0.226 e. The number of rotatable bonds is 3. The minimum absolute atomic E-state index is 0.0170. The van der Waals surface area contributed by atoms with Crippen LogP contribution in [-0.4, -0.2) is 42.6 Å². The van der Waals surface area contributed by atoms with E-state index in [4.69, 9.17) is 10.5 Å². The van der Waals surface area contributed by atoms with Crippen LogP contribution in [0.4, 0.5) is 0 Å². The van der Waals surface area contributed by atoms with Crippen molar-refractivity contribution in [3.8, 4) is 0 Å². The molecule has 2 N–H and O–H groups in total. The molecule has 4 atom stereocenters. The number of carbonyl (C=O) groups is 1. The number of ether oxygens (including phenoxy) is 1. The molecule has 1 amide bonds.